The highest BCUT2D eigenvalue weighted by Gasteiger charge is 2.20. The van der Waals surface area contributed by atoms with Crippen molar-refractivity contribution in [3.8, 4) is 0 Å². The lowest BCUT2D eigenvalue weighted by Crippen LogP contribution is -2.15. The van der Waals surface area contributed by atoms with E-state index in [1.54, 1.807) is 0 Å². The van der Waals surface area contributed by atoms with Crippen LogP contribution in [0, 0.1) is 24.4 Å². The minimum Gasteiger partial charge on any atom is -0.277 e. The number of sulfonamides is 1. The first kappa shape index (κ1) is 15.8. The molecular formula is C13H9BrF3NO2S. The Morgan fingerprint density at radius 1 is 1.05 bits per heavy atom. The van der Waals surface area contributed by atoms with E-state index in [1.807, 2.05) is 4.72 Å². The highest BCUT2D eigenvalue weighted by Crippen LogP contribution is 2.26. The van der Waals surface area contributed by atoms with E-state index in [9.17, 15) is 21.6 Å². The van der Waals surface area contributed by atoms with Crippen molar-refractivity contribution >= 4 is 31.6 Å². The summed E-state index contributed by atoms with van der Waals surface area (Å²) in [5.74, 6) is -2.53. The topological polar surface area (TPSA) is 46.2 Å². The van der Waals surface area contributed by atoms with Crippen LogP contribution in [0.15, 0.2) is 39.7 Å². The molecular weight excluding hydrogens is 371 g/mol. The molecule has 1 N–H and O–H groups in total. The number of hydrogen-bond donors (Lipinski definition) is 1. The fourth-order valence-corrected chi connectivity index (χ4v) is 3.29. The monoisotopic (exact) mass is 379 g/mol. The maximum atomic E-state index is 13.7. The molecule has 0 heterocycles. The van der Waals surface area contributed by atoms with Crippen molar-refractivity contribution in [2.24, 2.45) is 0 Å². The van der Waals surface area contributed by atoms with Crippen molar-refractivity contribution in [2.45, 2.75) is 11.8 Å². The molecule has 21 heavy (non-hydrogen) atoms. The second-order valence-corrected chi connectivity index (χ2v) is 6.77. The first-order valence-electron chi connectivity index (χ1n) is 5.64. The Labute approximate surface area is 128 Å². The second kappa shape index (κ2) is 5.69. The number of rotatable bonds is 3. The first-order valence-corrected chi connectivity index (χ1v) is 7.92. The van der Waals surface area contributed by atoms with Crippen LogP contribution >= 0.6 is 15.9 Å². The molecule has 0 aliphatic rings. The third-order valence-electron chi connectivity index (χ3n) is 2.69. The highest BCUT2D eigenvalue weighted by atomic mass is 79.9. The summed E-state index contributed by atoms with van der Waals surface area (Å²) in [4.78, 5) is -0.342. The summed E-state index contributed by atoms with van der Waals surface area (Å²) in [6, 6.07) is 4.69. The van der Waals surface area contributed by atoms with Crippen LogP contribution in [0.5, 0.6) is 0 Å². The van der Waals surface area contributed by atoms with Gasteiger partial charge < -0.3 is 0 Å². The van der Waals surface area contributed by atoms with Crippen molar-refractivity contribution < 1.29 is 21.6 Å². The Kier molecular flexibility index (Phi) is 4.29. The van der Waals surface area contributed by atoms with Gasteiger partial charge in [0.05, 0.1) is 15.1 Å². The number of benzene rings is 2. The summed E-state index contributed by atoms with van der Waals surface area (Å²) in [7, 11) is -4.23. The van der Waals surface area contributed by atoms with Gasteiger partial charge in [-0.1, -0.05) is 6.07 Å². The third-order valence-corrected chi connectivity index (χ3v) is 4.81. The third kappa shape index (κ3) is 3.38. The lowest BCUT2D eigenvalue weighted by molar-refractivity contribution is 0.588. The second-order valence-electron chi connectivity index (χ2n) is 4.26. The SMILES string of the molecule is Cc1ccc(F)cc1S(=O)(=O)Nc1cc(F)c(Br)cc1F. The van der Waals surface area contributed by atoms with Crippen LogP contribution in [-0.4, -0.2) is 8.42 Å². The standard InChI is InChI=1S/C13H9BrF3NO2S/c1-7-2-3-8(15)4-13(7)21(19,20)18-12-6-10(16)9(14)5-11(12)17/h2-6,18H,1H3. The zero-order valence-electron chi connectivity index (χ0n) is 10.6. The molecule has 0 spiro atoms. The van der Waals surface area contributed by atoms with Crippen molar-refractivity contribution in [3.05, 3.63) is 57.8 Å². The number of halogens is 4. The Bertz CT molecular complexity index is 809. The first-order chi connectivity index (χ1) is 9.70. The van der Waals surface area contributed by atoms with Gasteiger partial charge in [0.15, 0.2) is 0 Å². The average Bonchev–Trinajstić information content (AvgIpc) is 2.38. The van der Waals surface area contributed by atoms with Crippen LogP contribution in [-0.2, 0) is 10.0 Å². The van der Waals surface area contributed by atoms with Crippen LogP contribution in [0.4, 0.5) is 18.9 Å². The quantitative estimate of drug-likeness (QED) is 0.819. The van der Waals surface area contributed by atoms with E-state index in [1.165, 1.54) is 13.0 Å². The predicted molar refractivity (Wildman–Crippen MR) is 76.0 cm³/mol. The van der Waals surface area contributed by atoms with Gasteiger partial charge in [0, 0.05) is 6.07 Å². The Morgan fingerprint density at radius 3 is 2.38 bits per heavy atom. The molecule has 0 radical (unpaired) electrons. The van der Waals surface area contributed by atoms with E-state index < -0.39 is 33.2 Å². The molecule has 0 aliphatic carbocycles. The summed E-state index contributed by atoms with van der Waals surface area (Å²) in [5.41, 5.74) is -0.277. The van der Waals surface area contributed by atoms with Crippen molar-refractivity contribution in [1.29, 1.82) is 0 Å². The molecule has 0 atom stereocenters. The van der Waals surface area contributed by atoms with E-state index in [-0.39, 0.29) is 14.9 Å². The van der Waals surface area contributed by atoms with Gasteiger partial charge in [-0.2, -0.15) is 0 Å². The van der Waals surface area contributed by atoms with E-state index >= 15 is 0 Å². The Hall–Kier alpha value is -1.54. The molecule has 2 rings (SSSR count). The molecule has 112 valence electrons. The molecule has 0 unspecified atom stereocenters. The summed E-state index contributed by atoms with van der Waals surface area (Å²) in [6.07, 6.45) is 0. The van der Waals surface area contributed by atoms with E-state index in [2.05, 4.69) is 15.9 Å². The zero-order chi connectivity index (χ0) is 15.8. The number of anilines is 1. The van der Waals surface area contributed by atoms with Gasteiger partial charge in [-0.05, 0) is 46.6 Å². The van der Waals surface area contributed by atoms with Crippen LogP contribution in [0.3, 0.4) is 0 Å². The summed E-state index contributed by atoms with van der Waals surface area (Å²) in [5, 5.41) is 0. The van der Waals surface area contributed by atoms with Crippen LogP contribution in [0.2, 0.25) is 0 Å². The zero-order valence-corrected chi connectivity index (χ0v) is 13.0. The Morgan fingerprint density at radius 2 is 1.71 bits per heavy atom. The summed E-state index contributed by atoms with van der Waals surface area (Å²) in [6.45, 7) is 1.46. The fourth-order valence-electron chi connectivity index (χ4n) is 1.66. The molecule has 8 heteroatoms. The average molecular weight is 380 g/mol. The van der Waals surface area contributed by atoms with E-state index in [4.69, 9.17) is 0 Å². The lowest BCUT2D eigenvalue weighted by Gasteiger charge is -2.11. The molecule has 0 saturated heterocycles. The van der Waals surface area contributed by atoms with Gasteiger partial charge in [0.25, 0.3) is 10.0 Å². The van der Waals surface area contributed by atoms with E-state index in [0.717, 1.165) is 18.2 Å². The fraction of sp³-hybridized carbons (Fsp3) is 0.0769. The molecule has 2 aromatic carbocycles. The van der Waals surface area contributed by atoms with Gasteiger partial charge in [-0.25, -0.2) is 21.6 Å². The highest BCUT2D eigenvalue weighted by molar-refractivity contribution is 9.10. The van der Waals surface area contributed by atoms with Gasteiger partial charge in [-0.3, -0.25) is 4.72 Å². The minimum absolute atomic E-state index is 0.134. The molecule has 3 nitrogen and oxygen atoms in total. The molecule has 2 aromatic rings. The molecule has 0 aliphatic heterocycles. The van der Waals surface area contributed by atoms with Crippen molar-refractivity contribution in [1.82, 2.24) is 0 Å². The molecule has 0 saturated carbocycles. The number of hydrogen-bond acceptors (Lipinski definition) is 2. The Balaban J connectivity index is 2.47. The van der Waals surface area contributed by atoms with E-state index in [0.29, 0.717) is 6.07 Å². The van der Waals surface area contributed by atoms with Gasteiger partial charge in [0.1, 0.15) is 17.5 Å². The smallest absolute Gasteiger partial charge is 0.262 e. The molecule has 0 fully saturated rings. The van der Waals surface area contributed by atoms with Crippen molar-refractivity contribution in [2.75, 3.05) is 4.72 Å². The molecule has 0 aromatic heterocycles. The summed E-state index contributed by atoms with van der Waals surface area (Å²) < 4.78 is 66.3. The maximum absolute atomic E-state index is 13.7. The lowest BCUT2D eigenvalue weighted by atomic mass is 10.2. The normalized spacial score (nSPS) is 11.5. The molecule has 0 amide bonds. The molecule has 0 bridgehead atoms. The van der Waals surface area contributed by atoms with Crippen LogP contribution in [0.25, 0.3) is 0 Å². The summed E-state index contributed by atoms with van der Waals surface area (Å²) >= 11 is 2.78. The van der Waals surface area contributed by atoms with Gasteiger partial charge in [-0.15, -0.1) is 0 Å². The number of nitrogens with one attached hydrogen (secondary N) is 1. The van der Waals surface area contributed by atoms with Crippen molar-refractivity contribution in [3.63, 3.8) is 0 Å². The van der Waals surface area contributed by atoms with Gasteiger partial charge in [0.2, 0.25) is 0 Å². The minimum atomic E-state index is -4.23. The predicted octanol–water partition coefficient (Wildman–Crippen LogP) is 3.98. The van der Waals surface area contributed by atoms with Gasteiger partial charge >= 0.3 is 0 Å². The van der Waals surface area contributed by atoms with Crippen LogP contribution in [0.1, 0.15) is 5.56 Å². The van der Waals surface area contributed by atoms with Crippen LogP contribution < -0.4 is 4.72 Å². The largest absolute Gasteiger partial charge is 0.277 e. The maximum Gasteiger partial charge on any atom is 0.262 e. The number of aryl methyl sites for hydroxylation is 1.